The van der Waals surface area contributed by atoms with Gasteiger partial charge in [0.2, 0.25) is 0 Å². The number of hydrogen-bond donors (Lipinski definition) is 0. The molecule has 0 amide bonds. The van der Waals surface area contributed by atoms with Gasteiger partial charge in [-0.3, -0.25) is 4.90 Å². The van der Waals surface area contributed by atoms with Crippen molar-refractivity contribution in [3.8, 4) is 44.5 Å². The maximum absolute atomic E-state index is 7.07. The smallest absolute Gasteiger partial charge is 0.144 e. The first-order valence-corrected chi connectivity index (χ1v) is 31.2. The highest BCUT2D eigenvalue weighted by Crippen LogP contribution is 2.67. The zero-order valence-corrected chi connectivity index (χ0v) is 49.8. The SMILES string of the molecule is CC1(C)c2ccccc2-c2c1c1c(c3c2oc2ccccc23)-c2ccc(N(c3ccc4c(c3)C(c3ccccc3)(c3ccccc3)c3cc5c(cc3-4)C(c3ccccc3)(c3ccccc3)c3ccc4oc6ccccc6c4c3-5)c3ccccn3)cc2C1(C)C. The van der Waals surface area contributed by atoms with Crippen molar-refractivity contribution in [3.63, 3.8) is 0 Å². The van der Waals surface area contributed by atoms with Crippen LogP contribution in [-0.2, 0) is 21.7 Å². The second kappa shape index (κ2) is 17.9. The van der Waals surface area contributed by atoms with Crippen LogP contribution in [0.15, 0.2) is 288 Å². The molecule has 0 N–H and O–H groups in total. The third-order valence-electron chi connectivity index (χ3n) is 21.0. The highest BCUT2D eigenvalue weighted by molar-refractivity contribution is 6.21. The summed E-state index contributed by atoms with van der Waals surface area (Å²) in [5.41, 5.74) is 28.6. The number of rotatable bonds is 7. The first-order chi connectivity index (χ1) is 43.7. The minimum atomic E-state index is -0.768. The molecule has 4 nitrogen and oxygen atoms in total. The maximum atomic E-state index is 7.07. The van der Waals surface area contributed by atoms with Crippen molar-refractivity contribution >= 4 is 61.1 Å². The number of aromatic nitrogens is 1. The Morgan fingerprint density at radius 2 is 0.798 bits per heavy atom. The highest BCUT2D eigenvalue weighted by Gasteiger charge is 2.53. The van der Waals surface area contributed by atoms with Crippen molar-refractivity contribution in [2.45, 2.75) is 49.4 Å². The summed E-state index contributed by atoms with van der Waals surface area (Å²) in [6.07, 6.45) is 1.92. The third-order valence-corrected chi connectivity index (χ3v) is 21.0. The van der Waals surface area contributed by atoms with Crippen LogP contribution in [0, 0.1) is 0 Å². The van der Waals surface area contributed by atoms with Crippen LogP contribution in [0.5, 0.6) is 0 Å². The van der Waals surface area contributed by atoms with Crippen LogP contribution in [0.1, 0.15) is 94.5 Å². The van der Waals surface area contributed by atoms with E-state index in [2.05, 4.69) is 300 Å². The Balaban J connectivity index is 0.879. The molecular formula is C85H58N2O2. The standard InChI is InChI=1S/C85H58N2O2/c1-82(2)64-36-20-17-33-58(64)78-80(82)79-76(77-61-35-19-22-38-71(61)89-81(77)78)59-43-41-55(47-66(59)83(79,3)4)87(73-39-23-24-46-86-73)56-40-42-57-62-49-69-63(50-68(62)85(67(57)48-56,53-29-13-7-14-30-53)54-31-15-8-16-32-54)74-65(44-45-72-75(74)60-34-18-21-37-70(60)88-72)84(69,51-25-9-5-10-26-51)52-27-11-6-12-28-52/h5-50H,1-4H3. The minimum absolute atomic E-state index is 0.273. The van der Waals surface area contributed by atoms with Crippen LogP contribution in [0.2, 0.25) is 0 Å². The molecule has 89 heavy (non-hydrogen) atoms. The van der Waals surface area contributed by atoms with Crippen LogP contribution in [0.4, 0.5) is 17.2 Å². The molecule has 0 saturated carbocycles. The van der Waals surface area contributed by atoms with E-state index in [9.17, 15) is 0 Å². The summed E-state index contributed by atoms with van der Waals surface area (Å²) in [7, 11) is 0. The number of pyridine rings is 1. The van der Waals surface area contributed by atoms with E-state index >= 15 is 0 Å². The average molecular weight is 1140 g/mol. The minimum Gasteiger partial charge on any atom is -0.456 e. The number of hydrogen-bond acceptors (Lipinski definition) is 4. The third kappa shape index (κ3) is 6.40. The number of para-hydroxylation sites is 2. The van der Waals surface area contributed by atoms with Crippen molar-refractivity contribution < 1.29 is 8.83 Å². The normalized spacial score (nSPS) is 15.3. The summed E-state index contributed by atoms with van der Waals surface area (Å²) in [4.78, 5) is 7.62. The highest BCUT2D eigenvalue weighted by atomic mass is 16.3. The lowest BCUT2D eigenvalue weighted by molar-refractivity contribution is 0.600. The molecule has 0 atom stereocenters. The maximum Gasteiger partial charge on any atom is 0.144 e. The van der Waals surface area contributed by atoms with Crippen LogP contribution in [-0.4, -0.2) is 4.98 Å². The van der Waals surface area contributed by atoms with Crippen molar-refractivity contribution in [1.29, 1.82) is 0 Å². The van der Waals surface area contributed by atoms with Gasteiger partial charge in [0.25, 0.3) is 0 Å². The van der Waals surface area contributed by atoms with Crippen LogP contribution in [0.25, 0.3) is 88.4 Å². The predicted molar refractivity (Wildman–Crippen MR) is 363 cm³/mol. The molecule has 0 radical (unpaired) electrons. The van der Waals surface area contributed by atoms with E-state index in [0.29, 0.717) is 0 Å². The number of nitrogens with zero attached hydrogens (tertiary/aromatic N) is 2. The van der Waals surface area contributed by atoms with Gasteiger partial charge in [0.05, 0.1) is 10.8 Å². The largest absolute Gasteiger partial charge is 0.456 e. The van der Waals surface area contributed by atoms with E-state index in [0.717, 1.165) is 55.7 Å². The molecule has 12 aromatic carbocycles. The molecule has 15 aromatic rings. The molecule has 0 unspecified atom stereocenters. The molecule has 3 aromatic heterocycles. The fraction of sp³-hybridized carbons (Fsp3) is 0.0941. The zero-order chi connectivity index (χ0) is 59.1. The number of anilines is 3. The van der Waals surface area contributed by atoms with Gasteiger partial charge in [-0.15, -0.1) is 0 Å². The van der Waals surface area contributed by atoms with E-state index in [-0.39, 0.29) is 5.41 Å². The lowest BCUT2D eigenvalue weighted by Gasteiger charge is -2.36. The fourth-order valence-corrected chi connectivity index (χ4v) is 17.5. The molecule has 0 saturated heterocycles. The summed E-state index contributed by atoms with van der Waals surface area (Å²) in [6.45, 7) is 9.71. The van der Waals surface area contributed by atoms with Crippen LogP contribution < -0.4 is 4.90 Å². The Bertz CT molecular complexity index is 5400. The zero-order valence-electron chi connectivity index (χ0n) is 49.8. The summed E-state index contributed by atoms with van der Waals surface area (Å²) in [6, 6.07) is 101. The Labute approximate surface area is 516 Å². The van der Waals surface area contributed by atoms with Gasteiger partial charge in [0.1, 0.15) is 28.1 Å². The summed E-state index contributed by atoms with van der Waals surface area (Å²) < 4.78 is 13.9. The molecule has 19 rings (SSSR count). The van der Waals surface area contributed by atoms with Crippen LogP contribution in [0.3, 0.4) is 0 Å². The Morgan fingerprint density at radius 3 is 1.44 bits per heavy atom. The van der Waals surface area contributed by atoms with E-state index in [1.54, 1.807) is 0 Å². The molecule has 420 valence electrons. The average Bonchev–Trinajstić information content (AvgIpc) is 1.52. The topological polar surface area (TPSA) is 42.4 Å². The lowest BCUT2D eigenvalue weighted by Crippen LogP contribution is -2.30. The predicted octanol–water partition coefficient (Wildman–Crippen LogP) is 21.7. The summed E-state index contributed by atoms with van der Waals surface area (Å²) >= 11 is 0. The molecule has 0 spiro atoms. The summed E-state index contributed by atoms with van der Waals surface area (Å²) in [5.74, 6) is 0.837. The van der Waals surface area contributed by atoms with Gasteiger partial charge < -0.3 is 8.83 Å². The second-order valence-electron chi connectivity index (χ2n) is 25.9. The molecule has 4 heteroatoms. The molecule has 0 bridgehead atoms. The van der Waals surface area contributed by atoms with E-state index in [1.807, 2.05) is 12.3 Å². The second-order valence-corrected chi connectivity index (χ2v) is 25.9. The molecule has 0 aliphatic heterocycles. The Kier molecular flexibility index (Phi) is 10.1. The lowest BCUT2D eigenvalue weighted by atomic mass is 9.66. The van der Waals surface area contributed by atoms with Crippen LogP contribution >= 0.6 is 0 Å². The first-order valence-electron chi connectivity index (χ1n) is 31.2. The van der Waals surface area contributed by atoms with Crippen molar-refractivity contribution in [1.82, 2.24) is 4.98 Å². The fourth-order valence-electron chi connectivity index (χ4n) is 17.5. The van der Waals surface area contributed by atoms with Gasteiger partial charge in [-0.1, -0.05) is 234 Å². The monoisotopic (exact) mass is 1140 g/mol. The Hall–Kier alpha value is -10.8. The van der Waals surface area contributed by atoms with Gasteiger partial charge in [-0.2, -0.15) is 0 Å². The van der Waals surface area contributed by atoms with Crippen molar-refractivity contribution in [2.75, 3.05) is 4.90 Å². The Morgan fingerprint density at radius 1 is 0.315 bits per heavy atom. The number of furan rings is 2. The molecule has 4 aliphatic carbocycles. The van der Waals surface area contributed by atoms with Gasteiger partial charge in [0, 0.05) is 55.5 Å². The van der Waals surface area contributed by atoms with Gasteiger partial charge >= 0.3 is 0 Å². The quantitative estimate of drug-likeness (QED) is 0.159. The van der Waals surface area contributed by atoms with E-state index < -0.39 is 16.2 Å². The van der Waals surface area contributed by atoms with Gasteiger partial charge in [-0.05, 0) is 172 Å². The molecule has 3 heterocycles. The number of fused-ring (bicyclic) bond motifs is 22. The van der Waals surface area contributed by atoms with E-state index in [4.69, 9.17) is 13.8 Å². The van der Waals surface area contributed by atoms with Crippen molar-refractivity contribution in [3.05, 3.63) is 346 Å². The molecular weight excluding hydrogens is 1080 g/mol. The molecule has 0 fully saturated rings. The first kappa shape index (κ1) is 50.4. The van der Waals surface area contributed by atoms with Crippen molar-refractivity contribution in [2.24, 2.45) is 0 Å². The molecule has 4 aliphatic rings. The van der Waals surface area contributed by atoms with E-state index in [1.165, 1.54) is 117 Å². The van der Waals surface area contributed by atoms with Gasteiger partial charge in [-0.25, -0.2) is 4.98 Å². The summed E-state index contributed by atoms with van der Waals surface area (Å²) in [5, 5.41) is 4.60. The number of benzene rings is 12. The van der Waals surface area contributed by atoms with Gasteiger partial charge in [0.15, 0.2) is 0 Å².